The van der Waals surface area contributed by atoms with Gasteiger partial charge in [-0.05, 0) is 50.8 Å². The molecule has 1 aromatic carbocycles. The summed E-state index contributed by atoms with van der Waals surface area (Å²) in [6, 6.07) is 2.80. The first-order chi connectivity index (χ1) is 17.6. The van der Waals surface area contributed by atoms with Gasteiger partial charge in [0.05, 0.1) is 11.2 Å². The zero-order chi connectivity index (χ0) is 26.0. The van der Waals surface area contributed by atoms with Crippen molar-refractivity contribution in [1.82, 2.24) is 19.6 Å². The van der Waals surface area contributed by atoms with Crippen molar-refractivity contribution in [3.05, 3.63) is 23.9 Å². The average molecular weight is 543 g/mol. The van der Waals surface area contributed by atoms with Gasteiger partial charge in [-0.1, -0.05) is 0 Å². The van der Waals surface area contributed by atoms with Gasteiger partial charge in [0.1, 0.15) is 4.75 Å². The van der Waals surface area contributed by atoms with Crippen LogP contribution in [0.2, 0.25) is 0 Å². The van der Waals surface area contributed by atoms with Crippen LogP contribution in [0.25, 0.3) is 10.9 Å². The number of nitrogens with one attached hydrogen (secondary N) is 2. The van der Waals surface area contributed by atoms with Crippen LogP contribution >= 0.6 is 0 Å². The molecule has 3 aliphatic heterocycles. The van der Waals surface area contributed by atoms with E-state index in [0.717, 1.165) is 32.6 Å². The number of halogens is 4. The van der Waals surface area contributed by atoms with Gasteiger partial charge in [0.25, 0.3) is 12.9 Å². The smallest absolute Gasteiger partial charge is 0.263 e. The second-order valence-corrected chi connectivity index (χ2v) is 13.2. The van der Waals surface area contributed by atoms with E-state index in [-0.39, 0.29) is 43.0 Å². The summed E-state index contributed by atoms with van der Waals surface area (Å²) < 4.78 is 78.8. The highest BCUT2D eigenvalue weighted by Gasteiger charge is 2.63. The van der Waals surface area contributed by atoms with Gasteiger partial charge in [-0.25, -0.2) is 40.3 Å². The number of aromatic nitrogens is 2. The molecule has 4 heterocycles. The van der Waals surface area contributed by atoms with Crippen molar-refractivity contribution >= 4 is 32.6 Å². The standard InChI is InChI=1S/C24H30F4N6O2S/c25-20(26)15-9-16-11-30-22(32-19(16)18(10-15)33-13-23(14-33)5-6-29-12-23)31-17-1-7-34(8-2-17)37(35,36)24(3-4-24)21(27)28/h9-11,17,20-21,29H,1-8,12-14H2,(H,30,31,32). The van der Waals surface area contributed by atoms with E-state index >= 15 is 0 Å². The number of alkyl halides is 4. The second-order valence-electron chi connectivity index (χ2n) is 10.9. The van der Waals surface area contributed by atoms with Gasteiger partial charge in [-0.2, -0.15) is 0 Å². The summed E-state index contributed by atoms with van der Waals surface area (Å²) in [7, 11) is -4.05. The van der Waals surface area contributed by atoms with E-state index in [1.807, 2.05) is 0 Å². The van der Waals surface area contributed by atoms with Crippen LogP contribution in [0.4, 0.5) is 29.2 Å². The number of benzene rings is 1. The van der Waals surface area contributed by atoms with Crippen LogP contribution in [-0.4, -0.2) is 79.2 Å². The van der Waals surface area contributed by atoms with Crippen LogP contribution in [0.3, 0.4) is 0 Å². The Kier molecular flexibility index (Phi) is 6.03. The maximum absolute atomic E-state index is 13.6. The number of fused-ring (bicyclic) bond motifs is 1. The predicted octanol–water partition coefficient (Wildman–Crippen LogP) is 3.37. The van der Waals surface area contributed by atoms with E-state index in [2.05, 4.69) is 25.5 Å². The van der Waals surface area contributed by atoms with Crippen LogP contribution in [0.5, 0.6) is 0 Å². The second kappa shape index (κ2) is 8.91. The number of hydrogen-bond acceptors (Lipinski definition) is 7. The molecule has 0 bridgehead atoms. The molecule has 202 valence electrons. The summed E-state index contributed by atoms with van der Waals surface area (Å²) in [6.07, 6.45) is -2.04. The van der Waals surface area contributed by atoms with Gasteiger partial charge in [0, 0.05) is 61.3 Å². The molecule has 13 heteroatoms. The minimum atomic E-state index is -4.05. The fourth-order valence-corrected chi connectivity index (χ4v) is 8.03. The van der Waals surface area contributed by atoms with Gasteiger partial charge < -0.3 is 15.5 Å². The monoisotopic (exact) mass is 542 g/mol. The lowest BCUT2D eigenvalue weighted by molar-refractivity contribution is 0.129. The quantitative estimate of drug-likeness (QED) is 0.519. The van der Waals surface area contributed by atoms with E-state index in [9.17, 15) is 26.0 Å². The summed E-state index contributed by atoms with van der Waals surface area (Å²) in [5, 5.41) is 7.15. The fourth-order valence-electron chi connectivity index (χ4n) is 5.98. The molecule has 1 saturated carbocycles. The third kappa shape index (κ3) is 4.22. The van der Waals surface area contributed by atoms with E-state index in [1.54, 1.807) is 0 Å². The molecule has 37 heavy (non-hydrogen) atoms. The molecule has 1 spiro atoms. The van der Waals surface area contributed by atoms with Crippen LogP contribution in [0.1, 0.15) is 44.1 Å². The first-order valence-electron chi connectivity index (χ1n) is 12.7. The molecular weight excluding hydrogens is 512 g/mol. The van der Waals surface area contributed by atoms with Crippen molar-refractivity contribution in [2.75, 3.05) is 49.5 Å². The average Bonchev–Trinajstić information content (AvgIpc) is 3.54. The van der Waals surface area contributed by atoms with Crippen LogP contribution in [0, 0.1) is 5.41 Å². The van der Waals surface area contributed by atoms with Crippen molar-refractivity contribution < 1.29 is 26.0 Å². The summed E-state index contributed by atoms with van der Waals surface area (Å²) in [4.78, 5) is 11.1. The Balaban J connectivity index is 1.18. The summed E-state index contributed by atoms with van der Waals surface area (Å²) in [6.45, 7) is 3.74. The minimum Gasteiger partial charge on any atom is -0.368 e. The van der Waals surface area contributed by atoms with Gasteiger partial charge in [-0.3, -0.25) is 0 Å². The fraction of sp³-hybridized carbons (Fsp3) is 0.667. The Morgan fingerprint density at radius 1 is 1.08 bits per heavy atom. The Bertz CT molecular complexity index is 1280. The third-order valence-corrected chi connectivity index (χ3v) is 11.1. The number of rotatable bonds is 7. The van der Waals surface area contributed by atoms with E-state index < -0.39 is 27.6 Å². The first-order valence-corrected chi connectivity index (χ1v) is 14.2. The molecule has 3 saturated heterocycles. The zero-order valence-corrected chi connectivity index (χ0v) is 21.1. The van der Waals surface area contributed by atoms with Gasteiger partial charge >= 0.3 is 0 Å². The van der Waals surface area contributed by atoms with Crippen molar-refractivity contribution in [3.63, 3.8) is 0 Å². The van der Waals surface area contributed by atoms with Crippen molar-refractivity contribution in [3.8, 4) is 0 Å². The van der Waals surface area contributed by atoms with E-state index in [0.29, 0.717) is 35.4 Å². The molecule has 6 rings (SSSR count). The highest BCUT2D eigenvalue weighted by atomic mass is 32.2. The molecule has 0 amide bonds. The molecular formula is C24H30F4N6O2S. The molecule has 4 aliphatic rings. The molecule has 8 nitrogen and oxygen atoms in total. The molecule has 1 aromatic heterocycles. The lowest BCUT2D eigenvalue weighted by Gasteiger charge is -2.49. The van der Waals surface area contributed by atoms with Crippen LogP contribution < -0.4 is 15.5 Å². The number of piperidine rings is 1. The largest absolute Gasteiger partial charge is 0.368 e. The Hall–Kier alpha value is -2.25. The highest BCUT2D eigenvalue weighted by Crippen LogP contribution is 2.50. The molecule has 2 aromatic rings. The molecule has 0 unspecified atom stereocenters. The minimum absolute atomic E-state index is 0.000362. The third-order valence-electron chi connectivity index (χ3n) is 8.44. The van der Waals surface area contributed by atoms with Crippen molar-refractivity contribution in [2.24, 2.45) is 5.41 Å². The maximum atomic E-state index is 13.6. The highest BCUT2D eigenvalue weighted by molar-refractivity contribution is 7.90. The molecule has 4 fully saturated rings. The van der Waals surface area contributed by atoms with E-state index in [4.69, 9.17) is 0 Å². The molecule has 0 radical (unpaired) electrons. The van der Waals surface area contributed by atoms with Gasteiger partial charge in [-0.15, -0.1) is 0 Å². The molecule has 1 aliphatic carbocycles. The van der Waals surface area contributed by atoms with Gasteiger partial charge in [0.15, 0.2) is 0 Å². The lowest BCUT2D eigenvalue weighted by Crippen LogP contribution is -2.57. The predicted molar refractivity (Wildman–Crippen MR) is 132 cm³/mol. The van der Waals surface area contributed by atoms with Crippen LogP contribution in [-0.2, 0) is 10.0 Å². The van der Waals surface area contributed by atoms with Gasteiger partial charge in [0.2, 0.25) is 16.0 Å². The van der Waals surface area contributed by atoms with Crippen LogP contribution in [0.15, 0.2) is 18.3 Å². The zero-order valence-electron chi connectivity index (χ0n) is 20.3. The number of anilines is 2. The SMILES string of the molecule is O=S(=O)(N1CCC(Nc2ncc3cc(C(F)F)cc(N4CC5(CCNC5)C4)c3n2)CC1)C1(C(F)F)CC1. The topological polar surface area (TPSA) is 90.5 Å². The Morgan fingerprint density at radius 2 is 1.81 bits per heavy atom. The number of nitrogens with zero attached hydrogens (tertiary/aromatic N) is 4. The molecule has 0 atom stereocenters. The Labute approximate surface area is 212 Å². The number of hydrogen-bond donors (Lipinski definition) is 2. The van der Waals surface area contributed by atoms with E-state index in [1.165, 1.54) is 22.6 Å². The lowest BCUT2D eigenvalue weighted by atomic mass is 9.78. The van der Waals surface area contributed by atoms with Crippen molar-refractivity contribution in [2.45, 2.75) is 55.7 Å². The maximum Gasteiger partial charge on any atom is 0.263 e. The Morgan fingerprint density at radius 3 is 2.41 bits per heavy atom. The summed E-state index contributed by atoms with van der Waals surface area (Å²) in [5.41, 5.74) is 1.37. The first kappa shape index (κ1) is 25.1. The summed E-state index contributed by atoms with van der Waals surface area (Å²) in [5.74, 6) is 0.337. The summed E-state index contributed by atoms with van der Waals surface area (Å²) >= 11 is 0. The molecule has 2 N–H and O–H groups in total. The van der Waals surface area contributed by atoms with Crippen molar-refractivity contribution in [1.29, 1.82) is 0 Å². The normalized spacial score (nSPS) is 23.8. The number of sulfonamides is 1.